The molecule has 0 bridgehead atoms. The second-order valence-electron chi connectivity index (χ2n) is 4.26. The quantitative estimate of drug-likeness (QED) is 0.631. The van der Waals surface area contributed by atoms with Crippen LogP contribution < -0.4 is 5.32 Å². The topological polar surface area (TPSA) is 101 Å². The van der Waals surface area contributed by atoms with Gasteiger partial charge in [-0.3, -0.25) is 0 Å². The summed E-state index contributed by atoms with van der Waals surface area (Å²) in [5.74, 6) is -1.11. The summed E-state index contributed by atoms with van der Waals surface area (Å²) in [6, 6.07) is 0. The van der Waals surface area contributed by atoms with Crippen LogP contribution in [0.5, 0.6) is 5.75 Å². The Hall–Kier alpha value is -2.41. The van der Waals surface area contributed by atoms with Crippen LogP contribution in [-0.4, -0.2) is 28.1 Å². The van der Waals surface area contributed by atoms with Crippen molar-refractivity contribution in [2.45, 2.75) is 6.42 Å². The second-order valence-corrected chi connectivity index (χ2v) is 4.26. The molecule has 0 amide bonds. The van der Waals surface area contributed by atoms with E-state index in [1.54, 1.807) is 0 Å². The van der Waals surface area contributed by atoms with Crippen LogP contribution in [0.4, 0.5) is 5.82 Å². The number of fused-ring (bicyclic) bond motifs is 1. The Labute approximate surface area is 107 Å². The maximum absolute atomic E-state index is 10.7. The predicted molar refractivity (Wildman–Crippen MR) is 67.8 cm³/mol. The Morgan fingerprint density at radius 3 is 3.05 bits per heavy atom. The molecule has 2 aromatic rings. The Morgan fingerprint density at radius 1 is 1.53 bits per heavy atom. The van der Waals surface area contributed by atoms with Crippen molar-refractivity contribution in [3.8, 4) is 5.75 Å². The molecule has 19 heavy (non-hydrogen) atoms. The van der Waals surface area contributed by atoms with E-state index in [0.29, 0.717) is 5.39 Å². The first-order chi connectivity index (χ1) is 9.18. The van der Waals surface area contributed by atoms with Crippen molar-refractivity contribution < 1.29 is 14.4 Å². The van der Waals surface area contributed by atoms with Gasteiger partial charge in [-0.25, -0.2) is 0 Å². The lowest BCUT2D eigenvalue weighted by Gasteiger charge is -2.12. The van der Waals surface area contributed by atoms with Crippen molar-refractivity contribution in [2.75, 3.05) is 13.1 Å². The monoisotopic (exact) mass is 261 g/mol. The lowest BCUT2D eigenvalue weighted by Crippen LogP contribution is -2.19. The minimum Gasteiger partial charge on any atom is -0.498 e. The van der Waals surface area contributed by atoms with E-state index in [9.17, 15) is 15.2 Å². The van der Waals surface area contributed by atoms with E-state index in [1.807, 2.05) is 6.08 Å². The van der Waals surface area contributed by atoms with Crippen molar-refractivity contribution in [1.82, 2.24) is 10.3 Å². The molecule has 3 rings (SSSR count). The highest BCUT2D eigenvalue weighted by molar-refractivity contribution is 5.94. The molecule has 7 heteroatoms. The maximum Gasteiger partial charge on any atom is 0.410 e. The van der Waals surface area contributed by atoms with Crippen molar-refractivity contribution in [1.29, 1.82) is 0 Å². The van der Waals surface area contributed by atoms with Crippen LogP contribution in [0.3, 0.4) is 0 Å². The zero-order valence-electron chi connectivity index (χ0n) is 9.92. The minimum atomic E-state index is -0.735. The molecule has 98 valence electrons. The zero-order valence-corrected chi connectivity index (χ0v) is 9.92. The first-order valence-electron chi connectivity index (χ1n) is 5.82. The molecule has 0 atom stereocenters. The van der Waals surface area contributed by atoms with Gasteiger partial charge in [0.2, 0.25) is 0 Å². The van der Waals surface area contributed by atoms with Gasteiger partial charge in [-0.1, -0.05) is 6.08 Å². The number of nitrogens with zero attached hydrogens (tertiary/aromatic N) is 2. The number of aromatic nitrogens is 1. The molecule has 0 radical (unpaired) electrons. The summed E-state index contributed by atoms with van der Waals surface area (Å²) >= 11 is 0. The molecule has 0 aromatic carbocycles. The summed E-state index contributed by atoms with van der Waals surface area (Å²) in [5, 5.41) is 24.3. The van der Waals surface area contributed by atoms with E-state index in [-0.39, 0.29) is 5.58 Å². The molecule has 2 N–H and O–H groups in total. The fourth-order valence-corrected chi connectivity index (χ4v) is 2.22. The van der Waals surface area contributed by atoms with Gasteiger partial charge in [0.25, 0.3) is 5.75 Å². The van der Waals surface area contributed by atoms with E-state index in [4.69, 9.17) is 4.42 Å². The standard InChI is InChI=1S/C12H11N3O4/c16-10-11-8(5-14-12(10)15(17)18)9(6-19-11)7-1-3-13-4-2-7/h1,5-6,13,16H,2-4H2. The van der Waals surface area contributed by atoms with Gasteiger partial charge in [-0.2, -0.15) is 0 Å². The predicted octanol–water partition coefficient (Wildman–Crippen LogP) is 1.82. The third-order valence-corrected chi connectivity index (χ3v) is 3.16. The highest BCUT2D eigenvalue weighted by Crippen LogP contribution is 2.37. The van der Waals surface area contributed by atoms with Crippen molar-refractivity contribution in [3.05, 3.63) is 34.2 Å². The van der Waals surface area contributed by atoms with Crippen molar-refractivity contribution >= 4 is 22.4 Å². The molecule has 3 heterocycles. The van der Waals surface area contributed by atoms with Gasteiger partial charge >= 0.3 is 5.82 Å². The summed E-state index contributed by atoms with van der Waals surface area (Å²) in [4.78, 5) is 13.6. The number of nitrogens with one attached hydrogen (secondary N) is 1. The third kappa shape index (κ3) is 1.84. The fourth-order valence-electron chi connectivity index (χ4n) is 2.22. The molecule has 2 aromatic heterocycles. The van der Waals surface area contributed by atoms with Crippen LogP contribution in [0.1, 0.15) is 12.0 Å². The average Bonchev–Trinajstić information content (AvgIpc) is 2.84. The van der Waals surface area contributed by atoms with Crippen LogP contribution in [0, 0.1) is 10.1 Å². The number of aromatic hydroxyl groups is 1. The third-order valence-electron chi connectivity index (χ3n) is 3.16. The van der Waals surface area contributed by atoms with E-state index in [1.165, 1.54) is 12.5 Å². The van der Waals surface area contributed by atoms with Gasteiger partial charge in [0.05, 0.1) is 11.6 Å². The van der Waals surface area contributed by atoms with Crippen LogP contribution in [0.25, 0.3) is 16.5 Å². The number of hydrogen-bond acceptors (Lipinski definition) is 6. The lowest BCUT2D eigenvalue weighted by molar-refractivity contribution is -0.390. The molecule has 7 nitrogen and oxygen atoms in total. The summed E-state index contributed by atoms with van der Waals surface area (Å²) in [6.45, 7) is 1.64. The number of rotatable bonds is 2. The largest absolute Gasteiger partial charge is 0.498 e. The molecule has 0 saturated heterocycles. The number of furan rings is 1. The van der Waals surface area contributed by atoms with Crippen molar-refractivity contribution in [3.63, 3.8) is 0 Å². The molecule has 0 fully saturated rings. The Kier molecular flexibility index (Phi) is 2.68. The SMILES string of the molecule is O=[N+]([O-])c1ncc2c(C3=CCNCC3)coc2c1O. The Balaban J connectivity index is 2.17. The molecule has 0 aliphatic carbocycles. The summed E-state index contributed by atoms with van der Waals surface area (Å²) < 4.78 is 5.27. The summed E-state index contributed by atoms with van der Waals surface area (Å²) in [7, 11) is 0. The van der Waals surface area contributed by atoms with Gasteiger partial charge in [0.1, 0.15) is 0 Å². The van der Waals surface area contributed by atoms with Gasteiger partial charge in [-0.05, 0) is 28.4 Å². The maximum atomic E-state index is 10.7. The van der Waals surface area contributed by atoms with E-state index in [0.717, 1.165) is 30.6 Å². The normalized spacial score (nSPS) is 15.5. The molecular formula is C12H11N3O4. The zero-order chi connectivity index (χ0) is 13.4. The smallest absolute Gasteiger partial charge is 0.410 e. The van der Waals surface area contributed by atoms with Crippen LogP contribution in [0.15, 0.2) is 23.0 Å². The summed E-state index contributed by atoms with van der Waals surface area (Å²) in [6.07, 6.45) is 5.75. The highest BCUT2D eigenvalue weighted by atomic mass is 16.6. The number of hydrogen-bond donors (Lipinski definition) is 2. The van der Waals surface area contributed by atoms with Crippen LogP contribution >= 0.6 is 0 Å². The molecular weight excluding hydrogens is 250 g/mol. The summed E-state index contributed by atoms with van der Waals surface area (Å²) in [5.41, 5.74) is 2.03. The minimum absolute atomic E-state index is 0.108. The van der Waals surface area contributed by atoms with Gasteiger partial charge in [0, 0.05) is 12.1 Å². The number of nitro groups is 1. The van der Waals surface area contributed by atoms with Crippen LogP contribution in [-0.2, 0) is 0 Å². The fraction of sp³-hybridized carbons (Fsp3) is 0.250. The van der Waals surface area contributed by atoms with E-state index >= 15 is 0 Å². The average molecular weight is 261 g/mol. The molecule has 0 spiro atoms. The van der Waals surface area contributed by atoms with E-state index in [2.05, 4.69) is 10.3 Å². The highest BCUT2D eigenvalue weighted by Gasteiger charge is 2.24. The Morgan fingerprint density at radius 2 is 2.37 bits per heavy atom. The van der Waals surface area contributed by atoms with E-state index < -0.39 is 16.5 Å². The first-order valence-corrected chi connectivity index (χ1v) is 5.82. The lowest BCUT2D eigenvalue weighted by atomic mass is 10.0. The number of pyridine rings is 1. The molecule has 0 unspecified atom stereocenters. The van der Waals surface area contributed by atoms with Crippen molar-refractivity contribution in [2.24, 2.45) is 0 Å². The van der Waals surface area contributed by atoms with Gasteiger partial charge < -0.3 is 25.0 Å². The molecule has 1 aliphatic rings. The van der Waals surface area contributed by atoms with Gasteiger partial charge in [0.15, 0.2) is 11.8 Å². The van der Waals surface area contributed by atoms with Crippen LogP contribution in [0.2, 0.25) is 0 Å². The van der Waals surface area contributed by atoms with Gasteiger partial charge in [-0.15, -0.1) is 0 Å². The molecule has 1 aliphatic heterocycles. The first kappa shape index (κ1) is 11.7. The Bertz CT molecular complexity index is 690. The second kappa shape index (κ2) is 4.36. The molecule has 0 saturated carbocycles.